The molecule has 0 aliphatic rings. The third kappa shape index (κ3) is 3.40. The quantitative estimate of drug-likeness (QED) is 0.482. The molecule has 0 aliphatic carbocycles. The molecule has 0 aromatic heterocycles. The third-order valence-electron chi connectivity index (χ3n) is 1.13. The Kier molecular flexibility index (Phi) is 3.95. The van der Waals surface area contributed by atoms with Gasteiger partial charge in [0.2, 0.25) is 0 Å². The summed E-state index contributed by atoms with van der Waals surface area (Å²) in [6, 6.07) is 0. The van der Waals surface area contributed by atoms with Gasteiger partial charge >= 0.3 is 11.9 Å². The van der Waals surface area contributed by atoms with Crippen LogP contribution in [-0.4, -0.2) is 24.2 Å². The van der Waals surface area contributed by atoms with Crippen molar-refractivity contribution in [2.45, 2.75) is 13.3 Å². The topological polar surface area (TPSA) is 63.6 Å². The fourth-order valence-corrected chi connectivity index (χ4v) is 0.585. The number of carboxylic acids is 1. The second-order valence-electron chi connectivity index (χ2n) is 1.85. The van der Waals surface area contributed by atoms with Crippen LogP contribution in [0.15, 0.2) is 11.6 Å². The van der Waals surface area contributed by atoms with E-state index in [2.05, 4.69) is 4.74 Å². The average Bonchev–Trinajstić information content (AvgIpc) is 1.98. The average molecular weight is 158 g/mol. The first-order chi connectivity index (χ1) is 5.11. The molecule has 0 rings (SSSR count). The molecule has 62 valence electrons. The van der Waals surface area contributed by atoms with Crippen molar-refractivity contribution in [3.63, 3.8) is 0 Å². The van der Waals surface area contributed by atoms with E-state index in [4.69, 9.17) is 5.11 Å². The van der Waals surface area contributed by atoms with Crippen molar-refractivity contribution in [2.75, 3.05) is 7.11 Å². The highest BCUT2D eigenvalue weighted by Crippen LogP contribution is 2.01. The normalized spacial score (nSPS) is 10.9. The number of methoxy groups -OCH3 is 1. The van der Waals surface area contributed by atoms with Crippen LogP contribution in [0.25, 0.3) is 0 Å². The summed E-state index contributed by atoms with van der Waals surface area (Å²) in [6.45, 7) is 1.69. The van der Waals surface area contributed by atoms with Crippen LogP contribution in [0.2, 0.25) is 0 Å². The highest BCUT2D eigenvalue weighted by atomic mass is 16.5. The Balaban J connectivity index is 4.39. The van der Waals surface area contributed by atoms with Crippen molar-refractivity contribution in [3.05, 3.63) is 11.6 Å². The van der Waals surface area contributed by atoms with Gasteiger partial charge in [0.15, 0.2) is 0 Å². The van der Waals surface area contributed by atoms with Gasteiger partial charge in [-0.25, -0.2) is 9.59 Å². The van der Waals surface area contributed by atoms with Gasteiger partial charge in [0.1, 0.15) is 0 Å². The third-order valence-corrected chi connectivity index (χ3v) is 1.13. The van der Waals surface area contributed by atoms with Crippen LogP contribution < -0.4 is 0 Å². The van der Waals surface area contributed by atoms with Crippen LogP contribution in [-0.2, 0) is 14.3 Å². The molecule has 0 bridgehead atoms. The van der Waals surface area contributed by atoms with Crippen molar-refractivity contribution in [1.29, 1.82) is 0 Å². The molecule has 4 heteroatoms. The van der Waals surface area contributed by atoms with Gasteiger partial charge in [-0.2, -0.15) is 0 Å². The van der Waals surface area contributed by atoms with E-state index < -0.39 is 11.9 Å². The van der Waals surface area contributed by atoms with E-state index in [0.29, 0.717) is 6.42 Å². The molecule has 1 N–H and O–H groups in total. The van der Waals surface area contributed by atoms with E-state index in [0.717, 1.165) is 6.08 Å². The van der Waals surface area contributed by atoms with Crippen molar-refractivity contribution in [3.8, 4) is 0 Å². The number of carbonyl (C=O) groups is 2. The summed E-state index contributed by atoms with van der Waals surface area (Å²) in [5.74, 6) is -1.72. The van der Waals surface area contributed by atoms with Gasteiger partial charge in [-0.3, -0.25) is 0 Å². The van der Waals surface area contributed by atoms with Crippen molar-refractivity contribution < 1.29 is 19.4 Å². The molecule has 0 saturated heterocycles. The molecular formula is C7H10O4. The van der Waals surface area contributed by atoms with Crippen LogP contribution >= 0.6 is 0 Å². The zero-order chi connectivity index (χ0) is 8.85. The molecule has 0 radical (unpaired) electrons. The summed E-state index contributed by atoms with van der Waals surface area (Å²) < 4.78 is 4.33. The predicted octanol–water partition coefficient (Wildman–Crippen LogP) is 0.580. The molecule has 0 saturated carbocycles. The Bertz CT molecular complexity index is 193. The fraction of sp³-hybridized carbons (Fsp3) is 0.429. The van der Waals surface area contributed by atoms with Gasteiger partial charge in [0, 0.05) is 11.6 Å². The molecule has 0 fully saturated rings. The maximum atomic E-state index is 10.7. The minimum absolute atomic E-state index is 0.167. The monoisotopic (exact) mass is 158 g/mol. The zero-order valence-electron chi connectivity index (χ0n) is 6.46. The minimum atomic E-state index is -1.13. The second-order valence-corrected chi connectivity index (χ2v) is 1.85. The van der Waals surface area contributed by atoms with E-state index in [1.807, 2.05) is 0 Å². The molecule has 0 aliphatic heterocycles. The number of ether oxygens (including phenoxy) is 1. The maximum Gasteiger partial charge on any atom is 0.333 e. The highest BCUT2D eigenvalue weighted by molar-refractivity contribution is 5.95. The number of rotatable bonds is 3. The Morgan fingerprint density at radius 3 is 2.36 bits per heavy atom. The van der Waals surface area contributed by atoms with Crippen molar-refractivity contribution in [1.82, 2.24) is 0 Å². The molecular weight excluding hydrogens is 148 g/mol. The molecule has 0 atom stereocenters. The lowest BCUT2D eigenvalue weighted by Gasteiger charge is -1.98. The van der Waals surface area contributed by atoms with E-state index >= 15 is 0 Å². The summed E-state index contributed by atoms with van der Waals surface area (Å²) in [7, 11) is 1.22. The summed E-state index contributed by atoms with van der Waals surface area (Å²) in [5, 5.41) is 8.28. The molecule has 0 spiro atoms. The van der Waals surface area contributed by atoms with Gasteiger partial charge in [0.05, 0.1) is 7.11 Å². The molecule has 0 heterocycles. The largest absolute Gasteiger partial charge is 0.478 e. The van der Waals surface area contributed by atoms with Crippen molar-refractivity contribution in [2.24, 2.45) is 0 Å². The SMILES string of the molecule is CCC(=CC(=O)O)C(=O)OC. The molecule has 0 aromatic carbocycles. The summed E-state index contributed by atoms with van der Waals surface area (Å²) in [5.41, 5.74) is 0.167. The summed E-state index contributed by atoms with van der Waals surface area (Å²) in [4.78, 5) is 20.8. The molecule has 0 unspecified atom stereocenters. The Morgan fingerprint density at radius 1 is 1.55 bits per heavy atom. The standard InChI is InChI=1S/C7H10O4/c1-3-5(4-6(8)9)7(10)11-2/h4H,3H2,1-2H3,(H,8,9). The lowest BCUT2D eigenvalue weighted by Crippen LogP contribution is -2.06. The van der Waals surface area contributed by atoms with Crippen LogP contribution in [0, 0.1) is 0 Å². The van der Waals surface area contributed by atoms with E-state index in [1.54, 1.807) is 6.92 Å². The van der Waals surface area contributed by atoms with E-state index in [1.165, 1.54) is 7.11 Å². The number of hydrogen-bond acceptors (Lipinski definition) is 3. The lowest BCUT2D eigenvalue weighted by molar-refractivity contribution is -0.137. The number of carbonyl (C=O) groups excluding carboxylic acids is 1. The van der Waals surface area contributed by atoms with E-state index in [9.17, 15) is 9.59 Å². The first-order valence-corrected chi connectivity index (χ1v) is 3.13. The van der Waals surface area contributed by atoms with Gasteiger partial charge in [-0.05, 0) is 6.42 Å². The van der Waals surface area contributed by atoms with Gasteiger partial charge in [-0.1, -0.05) is 6.92 Å². The van der Waals surface area contributed by atoms with Crippen LogP contribution in [0.4, 0.5) is 0 Å². The number of hydrogen-bond donors (Lipinski definition) is 1. The number of esters is 1. The van der Waals surface area contributed by atoms with Gasteiger partial charge in [-0.15, -0.1) is 0 Å². The number of aliphatic carboxylic acids is 1. The Morgan fingerprint density at radius 2 is 2.09 bits per heavy atom. The van der Waals surface area contributed by atoms with Crippen molar-refractivity contribution >= 4 is 11.9 Å². The van der Waals surface area contributed by atoms with Gasteiger partial charge in [0.25, 0.3) is 0 Å². The lowest BCUT2D eigenvalue weighted by atomic mass is 10.2. The van der Waals surface area contributed by atoms with Crippen LogP contribution in [0.1, 0.15) is 13.3 Å². The first kappa shape index (κ1) is 9.68. The van der Waals surface area contributed by atoms with Crippen LogP contribution in [0.3, 0.4) is 0 Å². The second kappa shape index (κ2) is 4.49. The highest BCUT2D eigenvalue weighted by Gasteiger charge is 2.07. The Hall–Kier alpha value is -1.32. The zero-order valence-corrected chi connectivity index (χ0v) is 6.46. The summed E-state index contributed by atoms with van der Waals surface area (Å²) >= 11 is 0. The number of carboxylic acid groups (broad SMARTS) is 1. The van der Waals surface area contributed by atoms with Crippen LogP contribution in [0.5, 0.6) is 0 Å². The van der Waals surface area contributed by atoms with Gasteiger partial charge < -0.3 is 9.84 Å². The molecule has 0 amide bonds. The molecule has 11 heavy (non-hydrogen) atoms. The first-order valence-electron chi connectivity index (χ1n) is 3.13. The predicted molar refractivity (Wildman–Crippen MR) is 38.0 cm³/mol. The fourth-order valence-electron chi connectivity index (χ4n) is 0.585. The maximum absolute atomic E-state index is 10.7. The smallest absolute Gasteiger partial charge is 0.333 e. The molecule has 0 aromatic rings. The summed E-state index contributed by atoms with van der Waals surface area (Å²) in [6.07, 6.45) is 1.21. The Labute approximate surface area is 64.5 Å². The minimum Gasteiger partial charge on any atom is -0.478 e. The molecule has 4 nitrogen and oxygen atoms in total. The van der Waals surface area contributed by atoms with E-state index in [-0.39, 0.29) is 5.57 Å².